The van der Waals surface area contributed by atoms with Gasteiger partial charge in [0.1, 0.15) is 0 Å². The highest BCUT2D eigenvalue weighted by Gasteiger charge is 2.24. The Bertz CT molecular complexity index is 542. The third-order valence-corrected chi connectivity index (χ3v) is 3.26. The second-order valence-electron chi connectivity index (χ2n) is 7.58. The third-order valence-electron chi connectivity index (χ3n) is 3.26. The Labute approximate surface area is 139 Å². The molecule has 0 aliphatic rings. The van der Waals surface area contributed by atoms with Crippen LogP contribution >= 0.6 is 0 Å². The molecule has 5 heteroatoms. The second kappa shape index (κ2) is 7.59. The van der Waals surface area contributed by atoms with Crippen LogP contribution in [-0.2, 0) is 9.59 Å². The van der Waals surface area contributed by atoms with Crippen molar-refractivity contribution in [1.29, 1.82) is 0 Å². The normalized spacial score (nSPS) is 11.9. The number of hydrogen-bond acceptors (Lipinski definition) is 3. The summed E-state index contributed by atoms with van der Waals surface area (Å²) in [6, 6.07) is 7.32. The first-order valence-electron chi connectivity index (χ1n) is 7.94. The Morgan fingerprint density at radius 2 is 1.52 bits per heavy atom. The summed E-state index contributed by atoms with van der Waals surface area (Å²) in [7, 11) is 0. The minimum absolute atomic E-state index is 0.00365. The lowest BCUT2D eigenvalue weighted by Gasteiger charge is -2.35. The molecule has 0 fully saturated rings. The average Bonchev–Trinajstić information content (AvgIpc) is 2.38. The molecule has 3 N–H and O–H groups in total. The van der Waals surface area contributed by atoms with Crippen molar-refractivity contribution in [3.8, 4) is 0 Å². The summed E-state index contributed by atoms with van der Waals surface area (Å²) in [5.74, 6) is -1.26. The van der Waals surface area contributed by atoms with Crippen LogP contribution in [0.15, 0.2) is 24.3 Å². The van der Waals surface area contributed by atoms with Crippen molar-refractivity contribution in [3.05, 3.63) is 29.8 Å². The van der Waals surface area contributed by atoms with Gasteiger partial charge in [-0.3, -0.25) is 9.59 Å². The first kappa shape index (κ1) is 19.2. The molecule has 0 aliphatic heterocycles. The van der Waals surface area contributed by atoms with Crippen LogP contribution in [0.2, 0.25) is 0 Å². The monoisotopic (exact) mass is 319 g/mol. The largest absolute Gasteiger partial charge is 0.348 e. The molecule has 23 heavy (non-hydrogen) atoms. The van der Waals surface area contributed by atoms with E-state index in [2.05, 4.69) is 50.6 Å². The van der Waals surface area contributed by atoms with E-state index in [4.69, 9.17) is 0 Å². The van der Waals surface area contributed by atoms with Gasteiger partial charge in [-0.1, -0.05) is 17.7 Å². The molecular formula is C18H29N3O2. The van der Waals surface area contributed by atoms with Crippen molar-refractivity contribution in [2.75, 3.05) is 11.9 Å². The highest BCUT2D eigenvalue weighted by molar-refractivity contribution is 6.39. The van der Waals surface area contributed by atoms with Crippen LogP contribution in [0.4, 0.5) is 5.69 Å². The zero-order valence-electron chi connectivity index (χ0n) is 15.0. The third kappa shape index (κ3) is 7.79. The number of rotatable bonds is 5. The fraction of sp³-hybridized carbons (Fsp3) is 0.556. The van der Waals surface area contributed by atoms with E-state index in [-0.39, 0.29) is 11.1 Å². The van der Waals surface area contributed by atoms with Gasteiger partial charge in [0.15, 0.2) is 0 Å². The molecule has 0 unspecified atom stereocenters. The summed E-state index contributed by atoms with van der Waals surface area (Å²) in [5, 5.41) is 8.74. The number of carbonyl (C=O) groups excluding carboxylic acids is 2. The van der Waals surface area contributed by atoms with Gasteiger partial charge < -0.3 is 16.0 Å². The first-order chi connectivity index (χ1) is 10.5. The van der Waals surface area contributed by atoms with Crippen LogP contribution in [0.1, 0.15) is 46.6 Å². The van der Waals surface area contributed by atoms with Crippen LogP contribution in [-0.4, -0.2) is 29.4 Å². The van der Waals surface area contributed by atoms with Gasteiger partial charge in [-0.05, 0) is 60.1 Å². The summed E-state index contributed by atoms with van der Waals surface area (Å²) < 4.78 is 0. The highest BCUT2D eigenvalue weighted by atomic mass is 16.2. The quantitative estimate of drug-likeness (QED) is 0.731. The van der Waals surface area contributed by atoms with Gasteiger partial charge in [-0.2, -0.15) is 0 Å². The number of aryl methyl sites for hydroxylation is 1. The molecule has 128 valence electrons. The molecule has 0 saturated carbocycles. The van der Waals surface area contributed by atoms with E-state index in [1.54, 1.807) is 12.1 Å². The van der Waals surface area contributed by atoms with E-state index in [0.29, 0.717) is 12.2 Å². The van der Waals surface area contributed by atoms with Crippen molar-refractivity contribution < 1.29 is 9.59 Å². The van der Waals surface area contributed by atoms with Gasteiger partial charge in [0.05, 0.1) is 0 Å². The van der Waals surface area contributed by atoms with Crippen molar-refractivity contribution >= 4 is 17.5 Å². The molecule has 1 rings (SSSR count). The molecule has 0 spiro atoms. The number of nitrogens with one attached hydrogen (secondary N) is 3. The summed E-state index contributed by atoms with van der Waals surface area (Å²) in [5.41, 5.74) is 1.58. The molecule has 0 saturated heterocycles. The van der Waals surface area contributed by atoms with Crippen molar-refractivity contribution in [1.82, 2.24) is 10.6 Å². The van der Waals surface area contributed by atoms with Gasteiger partial charge in [-0.25, -0.2) is 0 Å². The van der Waals surface area contributed by atoms with E-state index >= 15 is 0 Å². The summed E-state index contributed by atoms with van der Waals surface area (Å²) in [6.45, 7) is 12.9. The summed E-state index contributed by atoms with van der Waals surface area (Å²) >= 11 is 0. The topological polar surface area (TPSA) is 70.2 Å². The lowest BCUT2D eigenvalue weighted by Crippen LogP contribution is -2.51. The van der Waals surface area contributed by atoms with Crippen LogP contribution in [0.5, 0.6) is 0 Å². The van der Waals surface area contributed by atoms with Crippen LogP contribution < -0.4 is 16.0 Å². The lowest BCUT2D eigenvalue weighted by atomic mass is 9.95. The fourth-order valence-electron chi connectivity index (χ4n) is 2.47. The van der Waals surface area contributed by atoms with Gasteiger partial charge in [0, 0.05) is 23.3 Å². The Morgan fingerprint density at radius 1 is 0.957 bits per heavy atom. The van der Waals surface area contributed by atoms with E-state index in [1.807, 2.05) is 19.1 Å². The summed E-state index contributed by atoms with van der Waals surface area (Å²) in [6.07, 6.45) is 0.730. The van der Waals surface area contributed by atoms with Crippen molar-refractivity contribution in [2.45, 2.75) is 59.0 Å². The lowest BCUT2D eigenvalue weighted by molar-refractivity contribution is -0.136. The predicted molar refractivity (Wildman–Crippen MR) is 94.4 cm³/mol. The maximum atomic E-state index is 11.8. The Hall–Kier alpha value is -1.88. The molecule has 0 aliphatic carbocycles. The van der Waals surface area contributed by atoms with Gasteiger partial charge in [0.2, 0.25) is 0 Å². The maximum Gasteiger partial charge on any atom is 0.313 e. The van der Waals surface area contributed by atoms with E-state index < -0.39 is 11.8 Å². The second-order valence-corrected chi connectivity index (χ2v) is 7.58. The van der Waals surface area contributed by atoms with E-state index in [0.717, 1.165) is 12.0 Å². The molecule has 0 atom stereocenters. The average molecular weight is 319 g/mol. The molecule has 2 amide bonds. The highest BCUT2D eigenvalue weighted by Crippen LogP contribution is 2.13. The molecule has 0 radical (unpaired) electrons. The van der Waals surface area contributed by atoms with Gasteiger partial charge in [-0.15, -0.1) is 0 Å². The van der Waals surface area contributed by atoms with Crippen LogP contribution in [0.3, 0.4) is 0 Å². The Morgan fingerprint density at radius 3 is 2.04 bits per heavy atom. The number of amides is 2. The van der Waals surface area contributed by atoms with Crippen molar-refractivity contribution in [3.63, 3.8) is 0 Å². The van der Waals surface area contributed by atoms with Crippen LogP contribution in [0, 0.1) is 6.92 Å². The number of hydrogen-bond donors (Lipinski definition) is 3. The molecule has 1 aromatic carbocycles. The standard InChI is InChI=1S/C18H29N3O2/c1-13-7-9-14(10-8-13)20-16(23)15(22)19-12-11-18(5,6)21-17(2,3)4/h7-10,21H,11-12H2,1-6H3,(H,19,22)(H,20,23). The minimum atomic E-state index is -0.643. The zero-order chi connectivity index (χ0) is 17.7. The first-order valence-corrected chi connectivity index (χ1v) is 7.94. The predicted octanol–water partition coefficient (Wildman–Crippen LogP) is 2.61. The Kier molecular flexibility index (Phi) is 6.33. The van der Waals surface area contributed by atoms with Crippen LogP contribution in [0.25, 0.3) is 0 Å². The Balaban J connectivity index is 2.41. The number of anilines is 1. The van der Waals surface area contributed by atoms with E-state index in [9.17, 15) is 9.59 Å². The molecule has 0 aromatic heterocycles. The number of carbonyl (C=O) groups is 2. The molecule has 0 heterocycles. The fourth-order valence-corrected chi connectivity index (χ4v) is 2.47. The molecule has 1 aromatic rings. The van der Waals surface area contributed by atoms with Gasteiger partial charge >= 0.3 is 11.8 Å². The molecular weight excluding hydrogens is 290 g/mol. The number of benzene rings is 1. The maximum absolute atomic E-state index is 11.8. The SMILES string of the molecule is Cc1ccc(NC(=O)C(=O)NCCC(C)(C)NC(C)(C)C)cc1. The zero-order valence-corrected chi connectivity index (χ0v) is 15.0. The molecule has 0 bridgehead atoms. The van der Waals surface area contributed by atoms with Crippen molar-refractivity contribution in [2.24, 2.45) is 0 Å². The smallest absolute Gasteiger partial charge is 0.313 e. The van der Waals surface area contributed by atoms with E-state index in [1.165, 1.54) is 0 Å². The summed E-state index contributed by atoms with van der Waals surface area (Å²) in [4.78, 5) is 23.7. The van der Waals surface area contributed by atoms with Gasteiger partial charge in [0.25, 0.3) is 0 Å². The minimum Gasteiger partial charge on any atom is -0.348 e. The molecule has 5 nitrogen and oxygen atoms in total.